The first-order valence-electron chi connectivity index (χ1n) is 6.31. The number of ether oxygens (including phenoxy) is 1. The summed E-state index contributed by atoms with van der Waals surface area (Å²) in [4.78, 5) is 0. The fourth-order valence-electron chi connectivity index (χ4n) is 2.19. The highest BCUT2D eigenvalue weighted by atomic mass is 16.5. The summed E-state index contributed by atoms with van der Waals surface area (Å²) in [5.41, 5.74) is 3.91. The normalized spacial score (nSPS) is 11.6. The van der Waals surface area contributed by atoms with E-state index in [4.69, 9.17) is 4.74 Å². The third-order valence-corrected chi connectivity index (χ3v) is 3.09. The van der Waals surface area contributed by atoms with Crippen LogP contribution >= 0.6 is 0 Å². The molecule has 0 spiro atoms. The topological polar surface area (TPSA) is 14.2 Å². The number of aromatic nitrogens is 1. The molecule has 0 bridgehead atoms. The van der Waals surface area contributed by atoms with E-state index in [1.807, 2.05) is 6.92 Å². The first-order valence-corrected chi connectivity index (χ1v) is 6.31. The first kappa shape index (κ1) is 12.2. The largest absolute Gasteiger partial charge is 0.377 e. The highest BCUT2D eigenvalue weighted by molar-refractivity contribution is 5.84. The minimum atomic E-state index is 0.481. The molecule has 2 nitrogen and oxygen atoms in total. The molecule has 0 unspecified atom stereocenters. The molecule has 1 aromatic carbocycles. The molecular weight excluding hydrogens is 210 g/mol. The number of fused-ring (bicyclic) bond motifs is 1. The van der Waals surface area contributed by atoms with Crippen molar-refractivity contribution >= 4 is 10.9 Å². The molecule has 2 aromatic rings. The Labute approximate surface area is 103 Å². The molecule has 17 heavy (non-hydrogen) atoms. The second-order valence-electron chi connectivity index (χ2n) is 4.81. The summed E-state index contributed by atoms with van der Waals surface area (Å²) in [6.45, 7) is 10.1. The minimum Gasteiger partial charge on any atom is -0.377 e. The lowest BCUT2D eigenvalue weighted by molar-refractivity contribution is 0.135. The van der Waals surface area contributed by atoms with E-state index >= 15 is 0 Å². The first-order chi connectivity index (χ1) is 8.13. The van der Waals surface area contributed by atoms with Gasteiger partial charge in [-0.15, -0.1) is 0 Å². The predicted molar refractivity (Wildman–Crippen MR) is 72.4 cm³/mol. The average molecular weight is 231 g/mol. The summed E-state index contributed by atoms with van der Waals surface area (Å²) < 4.78 is 7.87. The molecule has 0 aliphatic heterocycles. The molecule has 0 aliphatic rings. The van der Waals surface area contributed by atoms with Crippen molar-refractivity contribution in [1.82, 2.24) is 4.57 Å². The Morgan fingerprint density at radius 1 is 1.29 bits per heavy atom. The van der Waals surface area contributed by atoms with Crippen LogP contribution in [0.15, 0.2) is 24.4 Å². The second kappa shape index (κ2) is 4.92. The number of benzene rings is 1. The zero-order valence-corrected chi connectivity index (χ0v) is 11.2. The van der Waals surface area contributed by atoms with E-state index in [1.54, 1.807) is 0 Å². The predicted octanol–water partition coefficient (Wildman–Crippen LogP) is 4.07. The molecule has 0 radical (unpaired) electrons. The van der Waals surface area contributed by atoms with Crippen molar-refractivity contribution in [2.45, 2.75) is 40.3 Å². The molecule has 0 N–H and O–H groups in total. The summed E-state index contributed by atoms with van der Waals surface area (Å²) in [7, 11) is 0. The molecule has 0 atom stereocenters. The van der Waals surface area contributed by atoms with Crippen LogP contribution in [0.4, 0.5) is 0 Å². The minimum absolute atomic E-state index is 0.481. The van der Waals surface area contributed by atoms with Gasteiger partial charge in [-0.2, -0.15) is 0 Å². The number of aryl methyl sites for hydroxylation is 1. The highest BCUT2D eigenvalue weighted by Gasteiger charge is 2.10. The van der Waals surface area contributed by atoms with Gasteiger partial charge in [0, 0.05) is 35.3 Å². The molecule has 2 heteroatoms. The van der Waals surface area contributed by atoms with Crippen molar-refractivity contribution in [2.75, 3.05) is 6.61 Å². The third-order valence-electron chi connectivity index (χ3n) is 3.09. The third kappa shape index (κ3) is 2.37. The fraction of sp³-hybridized carbons (Fsp3) is 0.467. The van der Waals surface area contributed by atoms with E-state index < -0.39 is 0 Å². The van der Waals surface area contributed by atoms with Crippen LogP contribution in [0.5, 0.6) is 0 Å². The van der Waals surface area contributed by atoms with Gasteiger partial charge in [-0.25, -0.2) is 0 Å². The summed E-state index contributed by atoms with van der Waals surface area (Å²) in [6.07, 6.45) is 2.23. The van der Waals surface area contributed by atoms with E-state index in [9.17, 15) is 0 Å². The SMILES string of the molecule is CCOCc1cn(C(C)C)c2cc(C)ccc12. The van der Waals surface area contributed by atoms with Gasteiger partial charge in [-0.3, -0.25) is 0 Å². The van der Waals surface area contributed by atoms with E-state index in [2.05, 4.69) is 49.7 Å². The van der Waals surface area contributed by atoms with Crippen molar-refractivity contribution < 1.29 is 4.74 Å². The lowest BCUT2D eigenvalue weighted by atomic mass is 10.1. The zero-order valence-electron chi connectivity index (χ0n) is 11.2. The van der Waals surface area contributed by atoms with Crippen molar-refractivity contribution in [1.29, 1.82) is 0 Å². The van der Waals surface area contributed by atoms with Gasteiger partial charge < -0.3 is 9.30 Å². The molecule has 0 fully saturated rings. The smallest absolute Gasteiger partial charge is 0.0737 e. The molecule has 1 aromatic heterocycles. The van der Waals surface area contributed by atoms with Crippen molar-refractivity contribution in [3.8, 4) is 0 Å². The summed E-state index contributed by atoms with van der Waals surface area (Å²) >= 11 is 0. The van der Waals surface area contributed by atoms with E-state index in [0.29, 0.717) is 12.6 Å². The standard InChI is InChI=1S/C15H21NO/c1-5-17-10-13-9-16(11(2)3)15-8-12(4)6-7-14(13)15/h6-9,11H,5,10H2,1-4H3. The number of hydrogen-bond donors (Lipinski definition) is 0. The van der Waals surface area contributed by atoms with Gasteiger partial charge >= 0.3 is 0 Å². The lowest BCUT2D eigenvalue weighted by Crippen LogP contribution is -1.98. The Bertz CT molecular complexity index is 511. The number of hydrogen-bond acceptors (Lipinski definition) is 1. The molecule has 0 saturated carbocycles. The Morgan fingerprint density at radius 3 is 2.71 bits per heavy atom. The molecule has 1 heterocycles. The van der Waals surface area contributed by atoms with Crippen LogP contribution in [0.25, 0.3) is 10.9 Å². The van der Waals surface area contributed by atoms with Crippen LogP contribution in [-0.4, -0.2) is 11.2 Å². The van der Waals surface area contributed by atoms with Gasteiger partial charge in [0.1, 0.15) is 0 Å². The van der Waals surface area contributed by atoms with Gasteiger partial charge in [-0.1, -0.05) is 12.1 Å². The maximum atomic E-state index is 5.54. The van der Waals surface area contributed by atoms with Gasteiger partial charge in [0.25, 0.3) is 0 Å². The Morgan fingerprint density at radius 2 is 2.06 bits per heavy atom. The monoisotopic (exact) mass is 231 g/mol. The van der Waals surface area contributed by atoms with Crippen LogP contribution in [0.3, 0.4) is 0 Å². The number of nitrogens with zero attached hydrogens (tertiary/aromatic N) is 1. The molecule has 0 aliphatic carbocycles. The quantitative estimate of drug-likeness (QED) is 0.773. The van der Waals surface area contributed by atoms with Gasteiger partial charge in [0.15, 0.2) is 0 Å². The summed E-state index contributed by atoms with van der Waals surface area (Å²) in [5, 5.41) is 1.32. The highest BCUT2D eigenvalue weighted by Crippen LogP contribution is 2.26. The van der Waals surface area contributed by atoms with Gasteiger partial charge in [0.05, 0.1) is 6.61 Å². The van der Waals surface area contributed by atoms with Crippen LogP contribution in [0.2, 0.25) is 0 Å². The van der Waals surface area contributed by atoms with E-state index in [-0.39, 0.29) is 0 Å². The maximum Gasteiger partial charge on any atom is 0.0737 e. The number of rotatable bonds is 4. The zero-order chi connectivity index (χ0) is 12.4. The molecule has 92 valence electrons. The fourth-order valence-corrected chi connectivity index (χ4v) is 2.19. The van der Waals surface area contributed by atoms with Crippen LogP contribution in [0, 0.1) is 6.92 Å². The Balaban J connectivity index is 2.54. The van der Waals surface area contributed by atoms with Crippen molar-refractivity contribution in [3.05, 3.63) is 35.5 Å². The molecule has 0 amide bonds. The molecular formula is C15H21NO. The van der Waals surface area contributed by atoms with Crippen LogP contribution < -0.4 is 0 Å². The van der Waals surface area contributed by atoms with Crippen LogP contribution in [-0.2, 0) is 11.3 Å². The lowest BCUT2D eigenvalue weighted by Gasteiger charge is -2.09. The Kier molecular flexibility index (Phi) is 3.53. The van der Waals surface area contributed by atoms with Crippen molar-refractivity contribution in [3.63, 3.8) is 0 Å². The van der Waals surface area contributed by atoms with Crippen molar-refractivity contribution in [2.24, 2.45) is 0 Å². The molecule has 2 rings (SSSR count). The summed E-state index contributed by atoms with van der Waals surface area (Å²) in [6, 6.07) is 7.11. The second-order valence-corrected chi connectivity index (χ2v) is 4.81. The van der Waals surface area contributed by atoms with E-state index in [0.717, 1.165) is 6.61 Å². The van der Waals surface area contributed by atoms with Crippen LogP contribution in [0.1, 0.15) is 37.9 Å². The average Bonchev–Trinajstić information content (AvgIpc) is 2.64. The Hall–Kier alpha value is -1.28. The maximum absolute atomic E-state index is 5.54. The summed E-state index contributed by atoms with van der Waals surface area (Å²) in [5.74, 6) is 0. The molecule has 0 saturated heterocycles. The van der Waals surface area contributed by atoms with E-state index in [1.165, 1.54) is 22.0 Å². The van der Waals surface area contributed by atoms with Gasteiger partial charge in [-0.05, 0) is 39.3 Å². The van der Waals surface area contributed by atoms with Gasteiger partial charge in [0.2, 0.25) is 0 Å².